The van der Waals surface area contributed by atoms with Crippen molar-refractivity contribution in [2.24, 2.45) is 5.92 Å². The minimum Gasteiger partial charge on any atom is -0.325 e. The molecule has 1 aromatic heterocycles. The van der Waals surface area contributed by atoms with Crippen molar-refractivity contribution in [3.63, 3.8) is 0 Å². The van der Waals surface area contributed by atoms with E-state index in [0.717, 1.165) is 25.1 Å². The third-order valence-electron chi connectivity index (χ3n) is 3.92. The highest BCUT2D eigenvalue weighted by molar-refractivity contribution is 7.99. The predicted octanol–water partition coefficient (Wildman–Crippen LogP) is 3.90. The largest absolute Gasteiger partial charge is 0.325 e. The monoisotopic (exact) mass is 281 g/mol. The van der Waals surface area contributed by atoms with Crippen LogP contribution in [0.5, 0.6) is 0 Å². The van der Waals surface area contributed by atoms with Crippen molar-refractivity contribution in [1.29, 1.82) is 0 Å². The first kappa shape index (κ1) is 12.5. The molecule has 1 saturated heterocycles. The van der Waals surface area contributed by atoms with E-state index in [4.69, 9.17) is 0 Å². The van der Waals surface area contributed by atoms with Crippen LogP contribution >= 0.6 is 23.1 Å². The van der Waals surface area contributed by atoms with Gasteiger partial charge in [0.25, 0.3) is 0 Å². The van der Waals surface area contributed by atoms with Gasteiger partial charge < -0.3 is 4.90 Å². The Hall–Kier alpha value is -0.480. The van der Waals surface area contributed by atoms with Crippen LogP contribution in [-0.2, 0) is 4.79 Å². The summed E-state index contributed by atoms with van der Waals surface area (Å²) in [6.07, 6.45) is 6.00. The highest BCUT2D eigenvalue weighted by Crippen LogP contribution is 2.41. The fourth-order valence-corrected chi connectivity index (χ4v) is 5.19. The lowest BCUT2D eigenvalue weighted by molar-refractivity contribution is -0.136. The normalized spacial score (nSPS) is 25.6. The molecule has 2 fully saturated rings. The van der Waals surface area contributed by atoms with E-state index in [2.05, 4.69) is 22.4 Å². The smallest absolute Gasteiger partial charge is 0.226 e. The summed E-state index contributed by atoms with van der Waals surface area (Å²) >= 11 is 3.69. The Balaban J connectivity index is 1.72. The summed E-state index contributed by atoms with van der Waals surface area (Å²) in [4.78, 5) is 16.1. The van der Waals surface area contributed by atoms with Crippen LogP contribution in [0.1, 0.15) is 42.4 Å². The van der Waals surface area contributed by atoms with E-state index in [1.54, 1.807) is 11.3 Å². The first-order valence-corrected chi connectivity index (χ1v) is 8.74. The lowest BCUT2D eigenvalue weighted by Gasteiger charge is -2.29. The van der Waals surface area contributed by atoms with Crippen molar-refractivity contribution < 1.29 is 4.79 Å². The lowest BCUT2D eigenvalue weighted by Crippen LogP contribution is -2.36. The van der Waals surface area contributed by atoms with E-state index >= 15 is 0 Å². The van der Waals surface area contributed by atoms with Crippen LogP contribution in [0.3, 0.4) is 0 Å². The average Bonchev–Trinajstić information content (AvgIpc) is 3.09. The van der Waals surface area contributed by atoms with E-state index < -0.39 is 0 Å². The summed E-state index contributed by atoms with van der Waals surface area (Å²) in [5.41, 5.74) is 0. The molecule has 0 spiro atoms. The second-order valence-corrected chi connectivity index (χ2v) is 7.27. The third-order valence-corrected chi connectivity index (χ3v) is 6.23. The second kappa shape index (κ2) is 5.66. The average molecular weight is 281 g/mol. The SMILES string of the molecule is O=C(C1CCCCC1)N1CCSC1c1cccs1. The standard InChI is InChI=1S/C14H19NOS2/c16-13(11-5-2-1-3-6-11)15-8-10-18-14(15)12-7-4-9-17-12/h4,7,9,11,14H,1-3,5-6,8,10H2. The molecule has 4 heteroatoms. The molecule has 1 aliphatic heterocycles. The second-order valence-electron chi connectivity index (χ2n) is 5.11. The number of hydrogen-bond donors (Lipinski definition) is 0. The zero-order valence-corrected chi connectivity index (χ0v) is 12.1. The number of amides is 1. The van der Waals surface area contributed by atoms with Gasteiger partial charge in [-0.2, -0.15) is 0 Å². The Morgan fingerprint density at radius 3 is 2.83 bits per heavy atom. The molecule has 1 saturated carbocycles. The van der Waals surface area contributed by atoms with E-state index in [9.17, 15) is 4.79 Å². The molecule has 0 N–H and O–H groups in total. The van der Waals surface area contributed by atoms with Crippen LogP contribution in [-0.4, -0.2) is 23.1 Å². The molecular formula is C14H19NOS2. The molecule has 1 atom stereocenters. The molecular weight excluding hydrogens is 262 g/mol. The van der Waals surface area contributed by atoms with Gasteiger partial charge in [-0.15, -0.1) is 23.1 Å². The van der Waals surface area contributed by atoms with Gasteiger partial charge in [-0.05, 0) is 24.3 Å². The quantitative estimate of drug-likeness (QED) is 0.819. The molecule has 0 aromatic carbocycles. The van der Waals surface area contributed by atoms with Crippen molar-refractivity contribution in [2.45, 2.75) is 37.5 Å². The zero-order valence-electron chi connectivity index (χ0n) is 10.5. The van der Waals surface area contributed by atoms with Crippen molar-refractivity contribution >= 4 is 29.0 Å². The molecule has 2 heterocycles. The van der Waals surface area contributed by atoms with Gasteiger partial charge in [0.2, 0.25) is 5.91 Å². The minimum absolute atomic E-state index is 0.291. The van der Waals surface area contributed by atoms with Crippen LogP contribution in [0.2, 0.25) is 0 Å². The summed E-state index contributed by atoms with van der Waals surface area (Å²) < 4.78 is 0. The van der Waals surface area contributed by atoms with Crippen molar-refractivity contribution in [3.05, 3.63) is 22.4 Å². The molecule has 1 aromatic rings. The Morgan fingerprint density at radius 2 is 2.11 bits per heavy atom. The van der Waals surface area contributed by atoms with E-state index in [-0.39, 0.29) is 0 Å². The molecule has 0 radical (unpaired) electrons. The highest BCUT2D eigenvalue weighted by Gasteiger charge is 2.35. The Kier molecular flexibility index (Phi) is 3.94. The van der Waals surface area contributed by atoms with E-state index in [1.165, 1.54) is 24.1 Å². The van der Waals surface area contributed by atoms with Crippen LogP contribution in [0.15, 0.2) is 17.5 Å². The minimum atomic E-state index is 0.291. The van der Waals surface area contributed by atoms with Gasteiger partial charge in [0.05, 0.1) is 0 Å². The van der Waals surface area contributed by atoms with Gasteiger partial charge in [0.15, 0.2) is 0 Å². The maximum atomic E-state index is 12.6. The fourth-order valence-electron chi connectivity index (χ4n) is 2.95. The number of thiophene rings is 1. The van der Waals surface area contributed by atoms with Crippen molar-refractivity contribution in [1.82, 2.24) is 4.90 Å². The van der Waals surface area contributed by atoms with Gasteiger partial charge in [0.1, 0.15) is 5.37 Å². The first-order chi connectivity index (χ1) is 8.86. The van der Waals surface area contributed by atoms with Gasteiger partial charge in [-0.3, -0.25) is 4.79 Å². The van der Waals surface area contributed by atoms with Crippen LogP contribution in [0, 0.1) is 5.92 Å². The molecule has 2 aliphatic rings. The van der Waals surface area contributed by atoms with E-state index in [1.807, 2.05) is 11.8 Å². The van der Waals surface area contributed by atoms with Crippen molar-refractivity contribution in [3.8, 4) is 0 Å². The zero-order chi connectivity index (χ0) is 12.4. The highest BCUT2D eigenvalue weighted by atomic mass is 32.2. The molecule has 2 nitrogen and oxygen atoms in total. The summed E-state index contributed by atoms with van der Waals surface area (Å²) in [6, 6.07) is 4.25. The van der Waals surface area contributed by atoms with E-state index in [0.29, 0.717) is 17.2 Å². The summed E-state index contributed by atoms with van der Waals surface area (Å²) in [5, 5.41) is 2.40. The van der Waals surface area contributed by atoms with Gasteiger partial charge >= 0.3 is 0 Å². The molecule has 1 unspecified atom stereocenters. The summed E-state index contributed by atoms with van der Waals surface area (Å²) in [6.45, 7) is 0.933. The number of rotatable bonds is 2. The predicted molar refractivity (Wildman–Crippen MR) is 77.8 cm³/mol. The Labute approximate surface area is 117 Å². The molecule has 1 aliphatic carbocycles. The van der Waals surface area contributed by atoms with Gasteiger partial charge in [0, 0.05) is 23.1 Å². The Bertz CT molecular complexity index is 398. The molecule has 98 valence electrons. The fraction of sp³-hybridized carbons (Fsp3) is 0.643. The maximum Gasteiger partial charge on any atom is 0.226 e. The Morgan fingerprint density at radius 1 is 1.28 bits per heavy atom. The van der Waals surface area contributed by atoms with Crippen LogP contribution in [0.25, 0.3) is 0 Å². The number of hydrogen-bond acceptors (Lipinski definition) is 3. The number of nitrogens with zero attached hydrogens (tertiary/aromatic N) is 1. The number of carbonyl (C=O) groups excluding carboxylic acids is 1. The van der Waals surface area contributed by atoms with Gasteiger partial charge in [-0.1, -0.05) is 25.3 Å². The maximum absolute atomic E-state index is 12.6. The molecule has 3 rings (SSSR count). The van der Waals surface area contributed by atoms with Crippen LogP contribution in [0.4, 0.5) is 0 Å². The molecule has 18 heavy (non-hydrogen) atoms. The topological polar surface area (TPSA) is 20.3 Å². The lowest BCUT2D eigenvalue weighted by atomic mass is 9.88. The van der Waals surface area contributed by atoms with Crippen LogP contribution < -0.4 is 0 Å². The third kappa shape index (κ3) is 2.45. The number of carbonyl (C=O) groups is 1. The molecule has 0 bridgehead atoms. The first-order valence-electron chi connectivity index (χ1n) is 6.82. The summed E-state index contributed by atoms with van der Waals surface area (Å²) in [5.74, 6) is 1.80. The molecule has 1 amide bonds. The number of thioether (sulfide) groups is 1. The van der Waals surface area contributed by atoms with Crippen molar-refractivity contribution in [2.75, 3.05) is 12.3 Å². The van der Waals surface area contributed by atoms with Gasteiger partial charge in [-0.25, -0.2) is 0 Å². The summed E-state index contributed by atoms with van der Waals surface area (Å²) in [7, 11) is 0.